The van der Waals surface area contributed by atoms with Crippen LogP contribution in [0.5, 0.6) is 0 Å². The number of hydrogen-bond donors (Lipinski definition) is 2. The van der Waals surface area contributed by atoms with Crippen molar-refractivity contribution in [2.75, 3.05) is 13.1 Å². The first-order chi connectivity index (χ1) is 8.68. The summed E-state index contributed by atoms with van der Waals surface area (Å²) in [6.07, 6.45) is 1.98. The van der Waals surface area contributed by atoms with Gasteiger partial charge in [-0.25, -0.2) is 0 Å². The quantitative estimate of drug-likeness (QED) is 0.714. The lowest BCUT2D eigenvalue weighted by molar-refractivity contribution is -0.122. The van der Waals surface area contributed by atoms with Crippen LogP contribution in [0.2, 0.25) is 0 Å². The topological polar surface area (TPSA) is 58.2 Å². The second-order valence-corrected chi connectivity index (χ2v) is 4.17. The van der Waals surface area contributed by atoms with Crippen LogP contribution in [0, 0.1) is 0 Å². The molecule has 0 saturated heterocycles. The van der Waals surface area contributed by atoms with Crippen LogP contribution in [0.4, 0.5) is 0 Å². The predicted molar refractivity (Wildman–Crippen MR) is 71.1 cm³/mol. The van der Waals surface area contributed by atoms with Gasteiger partial charge in [0.15, 0.2) is 0 Å². The van der Waals surface area contributed by atoms with Crippen molar-refractivity contribution >= 4 is 11.8 Å². The zero-order valence-corrected chi connectivity index (χ0v) is 10.7. The van der Waals surface area contributed by atoms with Crippen LogP contribution in [0.3, 0.4) is 0 Å². The molecule has 1 aromatic rings. The van der Waals surface area contributed by atoms with Gasteiger partial charge in [0.2, 0.25) is 11.8 Å². The molecule has 0 unspecified atom stereocenters. The Kier molecular flexibility index (Phi) is 6.54. The molecule has 2 N–H and O–H groups in total. The Balaban J connectivity index is 2.05. The third kappa shape index (κ3) is 6.68. The van der Waals surface area contributed by atoms with E-state index in [4.69, 9.17) is 0 Å². The smallest absolute Gasteiger partial charge is 0.220 e. The molecule has 0 aliphatic rings. The lowest BCUT2D eigenvalue weighted by Crippen LogP contribution is -2.27. The third-order valence-corrected chi connectivity index (χ3v) is 2.53. The highest BCUT2D eigenvalue weighted by molar-refractivity contribution is 5.76. The molecule has 0 spiro atoms. The van der Waals surface area contributed by atoms with E-state index < -0.39 is 0 Å². The Morgan fingerprint density at radius 1 is 1.06 bits per heavy atom. The average Bonchev–Trinajstić information content (AvgIpc) is 2.36. The number of hydrogen-bond acceptors (Lipinski definition) is 2. The van der Waals surface area contributed by atoms with Gasteiger partial charge < -0.3 is 10.6 Å². The molecular formula is C14H20N2O2. The summed E-state index contributed by atoms with van der Waals surface area (Å²) in [5.74, 6) is -0.0178. The molecule has 2 amide bonds. The van der Waals surface area contributed by atoms with Crippen LogP contribution >= 0.6 is 0 Å². The largest absolute Gasteiger partial charge is 0.356 e. The molecule has 0 atom stereocenters. The Bertz CT molecular complexity index is 377. The van der Waals surface area contributed by atoms with Gasteiger partial charge in [0, 0.05) is 26.4 Å². The number of carbonyl (C=O) groups is 2. The summed E-state index contributed by atoms with van der Waals surface area (Å²) in [4.78, 5) is 22.1. The van der Waals surface area contributed by atoms with Crippen LogP contribution in [0.25, 0.3) is 0 Å². The van der Waals surface area contributed by atoms with Crippen molar-refractivity contribution in [1.82, 2.24) is 10.6 Å². The highest BCUT2D eigenvalue weighted by atomic mass is 16.2. The van der Waals surface area contributed by atoms with E-state index in [-0.39, 0.29) is 11.8 Å². The Morgan fingerprint density at radius 3 is 2.44 bits per heavy atom. The summed E-state index contributed by atoms with van der Waals surface area (Å²) >= 11 is 0. The van der Waals surface area contributed by atoms with Crippen molar-refractivity contribution < 1.29 is 9.59 Å². The molecule has 18 heavy (non-hydrogen) atoms. The van der Waals surface area contributed by atoms with Gasteiger partial charge in [0.05, 0.1) is 0 Å². The molecule has 0 aliphatic heterocycles. The number of benzene rings is 1. The standard InChI is InChI=1S/C14H20N2O2/c1-12(17)15-10-5-8-14(18)16-11-9-13-6-3-2-4-7-13/h2-4,6-7H,5,8-11H2,1H3,(H,15,17)(H,16,18). The first-order valence-corrected chi connectivity index (χ1v) is 6.23. The van der Waals surface area contributed by atoms with Gasteiger partial charge in [-0.15, -0.1) is 0 Å². The Labute approximate surface area is 108 Å². The van der Waals surface area contributed by atoms with Gasteiger partial charge in [0.1, 0.15) is 0 Å². The first-order valence-electron chi connectivity index (χ1n) is 6.23. The highest BCUT2D eigenvalue weighted by Crippen LogP contribution is 1.98. The van der Waals surface area contributed by atoms with Gasteiger partial charge in [-0.2, -0.15) is 0 Å². The minimum absolute atomic E-state index is 0.0382. The SMILES string of the molecule is CC(=O)NCCCC(=O)NCCc1ccccc1. The molecular weight excluding hydrogens is 228 g/mol. The zero-order valence-electron chi connectivity index (χ0n) is 10.7. The number of rotatable bonds is 7. The van der Waals surface area contributed by atoms with E-state index in [1.807, 2.05) is 30.3 Å². The van der Waals surface area contributed by atoms with Crippen molar-refractivity contribution in [2.45, 2.75) is 26.2 Å². The highest BCUT2D eigenvalue weighted by Gasteiger charge is 2.00. The number of amides is 2. The maximum Gasteiger partial charge on any atom is 0.220 e. The van der Waals surface area contributed by atoms with E-state index in [9.17, 15) is 9.59 Å². The molecule has 98 valence electrons. The predicted octanol–water partition coefficient (Wildman–Crippen LogP) is 1.26. The van der Waals surface area contributed by atoms with E-state index in [2.05, 4.69) is 10.6 Å². The van der Waals surface area contributed by atoms with Crippen molar-refractivity contribution in [3.05, 3.63) is 35.9 Å². The fraction of sp³-hybridized carbons (Fsp3) is 0.429. The summed E-state index contributed by atoms with van der Waals surface area (Å²) in [5.41, 5.74) is 1.22. The maximum atomic E-state index is 11.5. The number of nitrogens with one attached hydrogen (secondary N) is 2. The van der Waals surface area contributed by atoms with Crippen LogP contribution < -0.4 is 10.6 Å². The van der Waals surface area contributed by atoms with E-state index >= 15 is 0 Å². The van der Waals surface area contributed by atoms with Crippen LogP contribution in [-0.2, 0) is 16.0 Å². The fourth-order valence-electron chi connectivity index (χ4n) is 1.59. The minimum Gasteiger partial charge on any atom is -0.356 e. The first kappa shape index (κ1) is 14.2. The van der Waals surface area contributed by atoms with Gasteiger partial charge in [-0.3, -0.25) is 9.59 Å². The van der Waals surface area contributed by atoms with Crippen LogP contribution in [0.1, 0.15) is 25.3 Å². The zero-order chi connectivity index (χ0) is 13.2. The molecule has 0 aliphatic carbocycles. The molecule has 1 rings (SSSR count). The summed E-state index contributed by atoms with van der Waals surface area (Å²) in [5, 5.41) is 5.53. The molecule has 0 saturated carbocycles. The van der Waals surface area contributed by atoms with Gasteiger partial charge in [-0.05, 0) is 18.4 Å². The van der Waals surface area contributed by atoms with E-state index in [1.54, 1.807) is 0 Å². The lowest BCUT2D eigenvalue weighted by atomic mass is 10.1. The van der Waals surface area contributed by atoms with E-state index in [0.29, 0.717) is 25.9 Å². The second kappa shape index (κ2) is 8.28. The van der Waals surface area contributed by atoms with Gasteiger partial charge in [-0.1, -0.05) is 30.3 Å². The maximum absolute atomic E-state index is 11.5. The average molecular weight is 248 g/mol. The monoisotopic (exact) mass is 248 g/mol. The molecule has 4 heteroatoms. The molecule has 4 nitrogen and oxygen atoms in total. The third-order valence-electron chi connectivity index (χ3n) is 2.53. The summed E-state index contributed by atoms with van der Waals surface area (Å²) in [7, 11) is 0. The molecule has 0 bridgehead atoms. The van der Waals surface area contributed by atoms with Crippen molar-refractivity contribution in [1.29, 1.82) is 0 Å². The second-order valence-electron chi connectivity index (χ2n) is 4.17. The van der Waals surface area contributed by atoms with E-state index in [1.165, 1.54) is 12.5 Å². The minimum atomic E-state index is -0.0560. The van der Waals surface area contributed by atoms with Crippen molar-refractivity contribution in [3.63, 3.8) is 0 Å². The normalized spacial score (nSPS) is 9.83. The molecule has 0 radical (unpaired) electrons. The molecule has 1 aromatic carbocycles. The fourth-order valence-corrected chi connectivity index (χ4v) is 1.59. The summed E-state index contributed by atoms with van der Waals surface area (Å²) in [6.45, 7) is 2.68. The lowest BCUT2D eigenvalue weighted by Gasteiger charge is -2.05. The van der Waals surface area contributed by atoms with Crippen LogP contribution in [-0.4, -0.2) is 24.9 Å². The van der Waals surface area contributed by atoms with Crippen LogP contribution in [0.15, 0.2) is 30.3 Å². The Morgan fingerprint density at radius 2 is 1.78 bits per heavy atom. The van der Waals surface area contributed by atoms with Crippen molar-refractivity contribution in [2.24, 2.45) is 0 Å². The number of carbonyl (C=O) groups excluding carboxylic acids is 2. The van der Waals surface area contributed by atoms with Crippen molar-refractivity contribution in [3.8, 4) is 0 Å². The summed E-state index contributed by atoms with van der Waals surface area (Å²) in [6, 6.07) is 10.0. The van der Waals surface area contributed by atoms with Gasteiger partial charge >= 0.3 is 0 Å². The van der Waals surface area contributed by atoms with Gasteiger partial charge in [0.25, 0.3) is 0 Å². The summed E-state index contributed by atoms with van der Waals surface area (Å²) < 4.78 is 0. The molecule has 0 heterocycles. The van der Waals surface area contributed by atoms with E-state index in [0.717, 1.165) is 6.42 Å². The molecule has 0 aromatic heterocycles. The Hall–Kier alpha value is -1.84. The molecule has 0 fully saturated rings.